The van der Waals surface area contributed by atoms with Crippen LogP contribution in [0, 0.1) is 17.7 Å². The molecule has 0 bridgehead atoms. The lowest BCUT2D eigenvalue weighted by Crippen LogP contribution is -2.47. The van der Waals surface area contributed by atoms with Gasteiger partial charge in [0.05, 0.1) is 16.6 Å². The van der Waals surface area contributed by atoms with E-state index >= 15 is 0 Å². The Balaban J connectivity index is 1.30. The first-order valence-electron chi connectivity index (χ1n) is 14.4. The van der Waals surface area contributed by atoms with Crippen LogP contribution in [0.3, 0.4) is 0 Å². The summed E-state index contributed by atoms with van der Waals surface area (Å²) >= 11 is 12.5. The molecule has 2 heterocycles. The molecule has 0 aromatic heterocycles. The van der Waals surface area contributed by atoms with E-state index in [-0.39, 0.29) is 23.5 Å². The predicted octanol–water partition coefficient (Wildman–Crippen LogP) is 5.61. The molecule has 0 aliphatic carbocycles. The summed E-state index contributed by atoms with van der Waals surface area (Å²) in [5.41, 5.74) is 1.96. The molecule has 0 unspecified atom stereocenters. The number of benzene rings is 2. The molecule has 0 radical (unpaired) electrons. The topological polar surface area (TPSA) is 47.1 Å². The fourth-order valence-electron chi connectivity index (χ4n) is 5.81. The molecule has 218 valence electrons. The van der Waals surface area contributed by atoms with Crippen LogP contribution >= 0.6 is 23.2 Å². The first kappa shape index (κ1) is 30.8. The maximum absolute atomic E-state index is 13.8. The van der Waals surface area contributed by atoms with Crippen molar-refractivity contribution < 1.29 is 14.0 Å². The Morgan fingerprint density at radius 2 is 1.60 bits per heavy atom. The molecular formula is C31H41Cl2FN4O2. The Bertz CT molecular complexity index is 1130. The molecule has 0 atom stereocenters. The normalized spacial score (nSPS) is 17.4. The monoisotopic (exact) mass is 590 g/mol. The Labute approximate surface area is 248 Å². The molecule has 4 rings (SSSR count). The van der Waals surface area contributed by atoms with Gasteiger partial charge in [-0.25, -0.2) is 4.39 Å². The number of halogens is 3. The van der Waals surface area contributed by atoms with Gasteiger partial charge in [-0.2, -0.15) is 0 Å². The summed E-state index contributed by atoms with van der Waals surface area (Å²) in [5, 5.41) is 0.901. The molecule has 2 amide bonds. The van der Waals surface area contributed by atoms with E-state index in [4.69, 9.17) is 23.2 Å². The van der Waals surface area contributed by atoms with Gasteiger partial charge < -0.3 is 19.6 Å². The molecule has 2 saturated heterocycles. The zero-order valence-corrected chi connectivity index (χ0v) is 25.1. The maximum atomic E-state index is 13.8. The summed E-state index contributed by atoms with van der Waals surface area (Å²) in [6.45, 7) is 5.18. The van der Waals surface area contributed by atoms with Crippen molar-refractivity contribution in [3.8, 4) is 0 Å². The van der Waals surface area contributed by atoms with Gasteiger partial charge in [0.2, 0.25) is 11.8 Å². The zero-order chi connectivity index (χ0) is 28.6. The van der Waals surface area contributed by atoms with Crippen LogP contribution in [0.25, 0.3) is 0 Å². The molecule has 9 heteroatoms. The summed E-state index contributed by atoms with van der Waals surface area (Å²) in [6, 6.07) is 12.2. The average Bonchev–Trinajstić information content (AvgIpc) is 2.94. The number of hydrogen-bond donors (Lipinski definition) is 0. The van der Waals surface area contributed by atoms with E-state index in [9.17, 15) is 14.0 Å². The molecule has 2 aromatic rings. The lowest BCUT2D eigenvalue weighted by Gasteiger charge is -2.35. The third-order valence-corrected chi connectivity index (χ3v) is 8.87. The number of hydrogen-bond acceptors (Lipinski definition) is 4. The van der Waals surface area contributed by atoms with Gasteiger partial charge in [-0.05, 0) is 114 Å². The second-order valence-corrected chi connectivity index (χ2v) is 12.3. The van der Waals surface area contributed by atoms with E-state index in [1.165, 1.54) is 5.56 Å². The van der Waals surface area contributed by atoms with Gasteiger partial charge in [0, 0.05) is 31.2 Å². The minimum absolute atomic E-state index is 0.0936. The third-order valence-electron chi connectivity index (χ3n) is 8.13. The lowest BCUT2D eigenvalue weighted by molar-refractivity contribution is -0.135. The molecule has 0 spiro atoms. The molecule has 0 saturated carbocycles. The van der Waals surface area contributed by atoms with Gasteiger partial charge in [-0.3, -0.25) is 9.59 Å². The number of piperidine rings is 2. The maximum Gasteiger partial charge on any atom is 0.236 e. The number of likely N-dealkylation sites (tertiary alicyclic amines) is 2. The van der Waals surface area contributed by atoms with Crippen LogP contribution in [0.2, 0.25) is 10.0 Å². The Morgan fingerprint density at radius 1 is 0.925 bits per heavy atom. The minimum Gasteiger partial charge on any atom is -0.342 e. The van der Waals surface area contributed by atoms with E-state index in [0.29, 0.717) is 55.0 Å². The quantitative estimate of drug-likeness (QED) is 0.361. The van der Waals surface area contributed by atoms with E-state index in [0.717, 1.165) is 51.0 Å². The number of anilines is 1. The van der Waals surface area contributed by atoms with Crippen molar-refractivity contribution in [3.05, 3.63) is 63.9 Å². The minimum atomic E-state index is -0.187. The highest BCUT2D eigenvalue weighted by atomic mass is 35.5. The van der Waals surface area contributed by atoms with E-state index in [2.05, 4.69) is 4.90 Å². The molecule has 40 heavy (non-hydrogen) atoms. The SMILES string of the molecule is CN(C)CC(=O)N1CCC(C(=O)N(CCCN2CCC(Cc3ccc(F)cc3)CC2)c2ccc(Cl)c(Cl)c2)CC1. The molecule has 0 N–H and O–H groups in total. The van der Waals surface area contributed by atoms with Crippen LogP contribution in [-0.2, 0) is 16.0 Å². The van der Waals surface area contributed by atoms with Crippen molar-refractivity contribution in [3.63, 3.8) is 0 Å². The number of amides is 2. The summed E-state index contributed by atoms with van der Waals surface area (Å²) in [6.07, 6.45) is 5.42. The van der Waals surface area contributed by atoms with Crippen molar-refractivity contribution in [2.45, 2.75) is 38.5 Å². The van der Waals surface area contributed by atoms with E-state index in [1.54, 1.807) is 24.3 Å². The van der Waals surface area contributed by atoms with E-state index < -0.39 is 0 Å². The second-order valence-electron chi connectivity index (χ2n) is 11.5. The van der Waals surface area contributed by atoms with E-state index in [1.807, 2.05) is 47.0 Å². The van der Waals surface area contributed by atoms with Gasteiger partial charge in [-0.1, -0.05) is 35.3 Å². The summed E-state index contributed by atoms with van der Waals surface area (Å²) < 4.78 is 13.2. The Hall–Kier alpha value is -2.19. The van der Waals surface area contributed by atoms with Crippen LogP contribution in [0.15, 0.2) is 42.5 Å². The van der Waals surface area contributed by atoms with Crippen molar-refractivity contribution in [1.82, 2.24) is 14.7 Å². The van der Waals surface area contributed by atoms with Gasteiger partial charge in [0.1, 0.15) is 5.82 Å². The summed E-state index contributed by atoms with van der Waals surface area (Å²) in [5.74, 6) is 0.508. The number of carbonyl (C=O) groups is 2. The highest BCUT2D eigenvalue weighted by Gasteiger charge is 2.31. The number of nitrogens with zero attached hydrogens (tertiary/aromatic N) is 4. The summed E-state index contributed by atoms with van der Waals surface area (Å²) in [4.78, 5) is 34.3. The van der Waals surface area contributed by atoms with Gasteiger partial charge in [0.25, 0.3) is 0 Å². The molecule has 6 nitrogen and oxygen atoms in total. The average molecular weight is 592 g/mol. The van der Waals surface area contributed by atoms with Crippen LogP contribution < -0.4 is 4.90 Å². The van der Waals surface area contributed by atoms with Crippen molar-refractivity contribution in [2.24, 2.45) is 11.8 Å². The lowest BCUT2D eigenvalue weighted by atomic mass is 9.90. The second kappa shape index (κ2) is 14.6. The fourth-order valence-corrected chi connectivity index (χ4v) is 6.10. The Morgan fingerprint density at radius 3 is 2.23 bits per heavy atom. The molecule has 2 aliphatic heterocycles. The van der Waals surface area contributed by atoms with Crippen LogP contribution in [0.5, 0.6) is 0 Å². The molecule has 2 fully saturated rings. The largest absolute Gasteiger partial charge is 0.342 e. The highest BCUT2D eigenvalue weighted by molar-refractivity contribution is 6.42. The fraction of sp³-hybridized carbons (Fsp3) is 0.548. The van der Waals surface area contributed by atoms with Crippen molar-refractivity contribution in [2.75, 3.05) is 64.8 Å². The first-order chi connectivity index (χ1) is 19.2. The molecular weight excluding hydrogens is 550 g/mol. The van der Waals surface area contributed by atoms with Crippen molar-refractivity contribution in [1.29, 1.82) is 0 Å². The smallest absolute Gasteiger partial charge is 0.236 e. The van der Waals surface area contributed by atoms with Gasteiger partial charge in [-0.15, -0.1) is 0 Å². The van der Waals surface area contributed by atoms with Crippen molar-refractivity contribution >= 4 is 40.7 Å². The van der Waals surface area contributed by atoms with Crippen LogP contribution in [0.1, 0.15) is 37.7 Å². The van der Waals surface area contributed by atoms with Gasteiger partial charge >= 0.3 is 0 Å². The number of rotatable bonds is 10. The third kappa shape index (κ3) is 8.65. The first-order valence-corrected chi connectivity index (χ1v) is 15.1. The van der Waals surface area contributed by atoms with Crippen LogP contribution in [-0.4, -0.2) is 86.4 Å². The van der Waals surface area contributed by atoms with Crippen LogP contribution in [0.4, 0.5) is 10.1 Å². The van der Waals surface area contributed by atoms with Gasteiger partial charge in [0.15, 0.2) is 0 Å². The number of likely N-dealkylation sites (N-methyl/N-ethyl adjacent to an activating group) is 1. The Kier molecular flexibility index (Phi) is 11.2. The number of carbonyl (C=O) groups excluding carboxylic acids is 2. The summed E-state index contributed by atoms with van der Waals surface area (Å²) in [7, 11) is 3.78. The predicted molar refractivity (Wildman–Crippen MR) is 161 cm³/mol. The zero-order valence-electron chi connectivity index (χ0n) is 23.6. The molecule has 2 aliphatic rings. The standard InChI is InChI=1S/C31H41Cl2FN4O2/c1-35(2)22-30(39)37-18-12-25(13-19-37)31(40)38(27-8-9-28(32)29(33)21-27)15-3-14-36-16-10-24(11-17-36)20-23-4-6-26(34)7-5-23/h4-9,21,24-25H,3,10-20,22H2,1-2H3. The highest BCUT2D eigenvalue weighted by Crippen LogP contribution is 2.30. The molecule has 2 aromatic carbocycles.